The minimum atomic E-state index is -0.969. The molecule has 1 saturated heterocycles. The van der Waals surface area contributed by atoms with E-state index in [0.717, 1.165) is 32.5 Å². The number of ketones is 2. The molecule has 1 fully saturated rings. The van der Waals surface area contributed by atoms with Crippen molar-refractivity contribution >= 4 is 23.6 Å². The summed E-state index contributed by atoms with van der Waals surface area (Å²) in [6.45, 7) is 8.58. The van der Waals surface area contributed by atoms with Crippen molar-refractivity contribution in [3.05, 3.63) is 58.5 Å². The number of nitrogens with two attached hydrogens (primary N) is 1. The summed E-state index contributed by atoms with van der Waals surface area (Å²) in [6.07, 6.45) is 8.74. The Morgan fingerprint density at radius 1 is 1.16 bits per heavy atom. The highest BCUT2D eigenvalue weighted by Crippen LogP contribution is 2.25. The summed E-state index contributed by atoms with van der Waals surface area (Å²) in [5.41, 5.74) is 6.82. The fraction of sp³-hybridized carbons (Fsp3) is 0.562. The normalized spacial score (nSPS) is 30.1. The molecule has 2 aliphatic heterocycles. The number of aliphatic hydroxyl groups is 1. The van der Waals surface area contributed by atoms with Crippen LogP contribution in [0.3, 0.4) is 0 Å². The molecule has 43 heavy (non-hydrogen) atoms. The van der Waals surface area contributed by atoms with E-state index in [2.05, 4.69) is 15.5 Å². The lowest BCUT2D eigenvalue weighted by molar-refractivity contribution is -0.120. The fourth-order valence-corrected chi connectivity index (χ4v) is 5.56. The maximum atomic E-state index is 13.6. The summed E-state index contributed by atoms with van der Waals surface area (Å²) in [5, 5.41) is 16.7. The topological polar surface area (TPSA) is 160 Å². The van der Waals surface area contributed by atoms with Crippen LogP contribution in [0.15, 0.2) is 58.5 Å². The average molecular weight is 599 g/mol. The molecule has 11 nitrogen and oxygen atoms in total. The van der Waals surface area contributed by atoms with Crippen LogP contribution in [0.1, 0.15) is 59.3 Å². The number of aliphatic hydroxyl groups excluding tert-OH is 1. The van der Waals surface area contributed by atoms with Crippen LogP contribution in [-0.4, -0.2) is 85.2 Å². The Balaban J connectivity index is 1.90. The van der Waals surface area contributed by atoms with E-state index in [9.17, 15) is 24.3 Å². The zero-order chi connectivity index (χ0) is 31.5. The van der Waals surface area contributed by atoms with E-state index in [1.807, 2.05) is 13.0 Å². The summed E-state index contributed by atoms with van der Waals surface area (Å²) in [4.78, 5) is 53.7. The molecule has 1 aliphatic carbocycles. The van der Waals surface area contributed by atoms with Gasteiger partial charge in [0.1, 0.15) is 6.10 Å². The summed E-state index contributed by atoms with van der Waals surface area (Å²) in [5.74, 6) is -1.56. The molecule has 0 radical (unpaired) electrons. The summed E-state index contributed by atoms with van der Waals surface area (Å²) in [7, 11) is 1.45. The van der Waals surface area contributed by atoms with Gasteiger partial charge >= 0.3 is 6.09 Å². The number of hydrogen-bond donors (Lipinski definition) is 4. The first-order valence-electron chi connectivity index (χ1n) is 15.0. The third-order valence-corrected chi connectivity index (χ3v) is 8.10. The number of primary amides is 1. The van der Waals surface area contributed by atoms with Crippen molar-refractivity contribution in [2.45, 2.75) is 77.6 Å². The maximum absolute atomic E-state index is 13.6. The molecule has 3 aliphatic rings. The fourth-order valence-electron chi connectivity index (χ4n) is 5.56. The predicted molar refractivity (Wildman–Crippen MR) is 162 cm³/mol. The van der Waals surface area contributed by atoms with Crippen LogP contribution in [0.5, 0.6) is 0 Å². The van der Waals surface area contributed by atoms with E-state index in [-0.39, 0.29) is 28.7 Å². The van der Waals surface area contributed by atoms with Gasteiger partial charge in [0.15, 0.2) is 6.10 Å². The van der Waals surface area contributed by atoms with E-state index in [4.69, 9.17) is 15.2 Å². The number of allylic oxidation sites excluding steroid dienone is 4. The van der Waals surface area contributed by atoms with Gasteiger partial charge in [-0.25, -0.2) is 4.79 Å². The minimum Gasteiger partial charge on any atom is -0.439 e. The molecule has 3 rings (SSSR count). The van der Waals surface area contributed by atoms with Crippen LogP contribution in [0.25, 0.3) is 0 Å². The molecule has 0 aromatic heterocycles. The Hall–Kier alpha value is -3.54. The Bertz CT molecular complexity index is 1210. The third-order valence-electron chi connectivity index (χ3n) is 8.10. The number of rotatable bonds is 6. The Kier molecular flexibility index (Phi) is 12.9. The van der Waals surface area contributed by atoms with Gasteiger partial charge in [-0.1, -0.05) is 37.6 Å². The Labute approximate surface area is 253 Å². The quantitative estimate of drug-likeness (QED) is 0.266. The Morgan fingerprint density at radius 2 is 1.88 bits per heavy atom. The third kappa shape index (κ3) is 9.74. The Morgan fingerprint density at radius 3 is 2.56 bits per heavy atom. The molecule has 4 atom stereocenters. The number of carbonyl (C=O) groups is 4. The van der Waals surface area contributed by atoms with Crippen LogP contribution in [0.2, 0.25) is 0 Å². The second-order valence-corrected chi connectivity index (χ2v) is 11.4. The molecule has 11 heteroatoms. The van der Waals surface area contributed by atoms with Gasteiger partial charge in [-0.3, -0.25) is 14.4 Å². The first-order chi connectivity index (χ1) is 20.5. The smallest absolute Gasteiger partial charge is 0.405 e. The molecule has 0 aromatic rings. The van der Waals surface area contributed by atoms with Gasteiger partial charge < -0.3 is 35.8 Å². The van der Waals surface area contributed by atoms with Crippen molar-refractivity contribution in [2.24, 2.45) is 11.7 Å². The van der Waals surface area contributed by atoms with Crippen molar-refractivity contribution in [3.8, 4) is 0 Å². The number of methoxy groups -OCH3 is 1. The SMILES string of the molecule is COC1/C=C\C=C(/C)C(=O)NC2=CC(=O)C(NCCN3CCCC3)=C(CCCCC(O)C(C)/C=C(\C)C1OC(N)=O)C2=O. The second-order valence-electron chi connectivity index (χ2n) is 11.4. The van der Waals surface area contributed by atoms with E-state index >= 15 is 0 Å². The molecule has 0 spiro atoms. The number of Topliss-reactive ketones (excluding diaryl/α,β-unsaturated/α-hetero) is 1. The number of carbonyl (C=O) groups excluding carboxylic acids is 4. The summed E-state index contributed by atoms with van der Waals surface area (Å²) in [6, 6.07) is 0. The van der Waals surface area contributed by atoms with Gasteiger partial charge in [0.05, 0.1) is 17.5 Å². The zero-order valence-corrected chi connectivity index (χ0v) is 25.7. The maximum Gasteiger partial charge on any atom is 0.405 e. The molecule has 2 heterocycles. The van der Waals surface area contributed by atoms with Crippen molar-refractivity contribution in [2.75, 3.05) is 33.3 Å². The lowest BCUT2D eigenvalue weighted by Crippen LogP contribution is -2.37. The standard InChI is InChI=1S/C32H46N4O7/c1-20-10-9-13-27(42-4)30(43-32(33)41)22(3)18-21(2)25(37)12-6-5-11-23-28(34-14-17-36-15-7-8-16-36)26(38)19-24(29(23)39)35-31(20)40/h9-10,13,18-19,21,25,27,30,34,37H,5-8,11-12,14-17H2,1-4H3,(H2,33,41)(H,35,40)/b13-9-,20-10+,22-18+. The number of ether oxygens (including phenoxy) is 2. The summed E-state index contributed by atoms with van der Waals surface area (Å²) >= 11 is 0. The van der Waals surface area contributed by atoms with Gasteiger partial charge in [-0.2, -0.15) is 0 Å². The van der Waals surface area contributed by atoms with E-state index in [0.29, 0.717) is 43.4 Å². The van der Waals surface area contributed by atoms with E-state index in [1.165, 1.54) is 19.3 Å². The summed E-state index contributed by atoms with van der Waals surface area (Å²) < 4.78 is 10.9. The van der Waals surface area contributed by atoms with Crippen molar-refractivity contribution < 1.29 is 33.8 Å². The predicted octanol–water partition coefficient (Wildman–Crippen LogP) is 2.58. The monoisotopic (exact) mass is 598 g/mol. The molecular formula is C32H46N4O7. The molecule has 5 N–H and O–H groups in total. The number of nitrogens with zero attached hydrogens (tertiary/aromatic N) is 1. The minimum absolute atomic E-state index is 0.0667. The molecule has 236 valence electrons. The molecule has 2 amide bonds. The van der Waals surface area contributed by atoms with Gasteiger partial charge in [-0.15, -0.1) is 0 Å². The zero-order valence-electron chi connectivity index (χ0n) is 25.7. The van der Waals surface area contributed by atoms with Crippen LogP contribution in [0.4, 0.5) is 4.79 Å². The van der Waals surface area contributed by atoms with Gasteiger partial charge in [0, 0.05) is 43.3 Å². The highest BCUT2D eigenvalue weighted by atomic mass is 16.6. The number of amides is 2. The van der Waals surface area contributed by atoms with Crippen molar-refractivity contribution in [3.63, 3.8) is 0 Å². The average Bonchev–Trinajstić information content (AvgIpc) is 3.48. The highest BCUT2D eigenvalue weighted by Gasteiger charge is 2.30. The molecule has 0 saturated carbocycles. The van der Waals surface area contributed by atoms with E-state index < -0.39 is 36.1 Å². The number of hydrogen-bond acceptors (Lipinski definition) is 9. The van der Waals surface area contributed by atoms with Gasteiger partial charge in [-0.05, 0) is 64.6 Å². The molecule has 4 unspecified atom stereocenters. The largest absolute Gasteiger partial charge is 0.439 e. The van der Waals surface area contributed by atoms with Crippen LogP contribution in [-0.2, 0) is 23.9 Å². The van der Waals surface area contributed by atoms with Gasteiger partial charge in [0.25, 0.3) is 5.91 Å². The highest BCUT2D eigenvalue weighted by molar-refractivity contribution is 6.23. The van der Waals surface area contributed by atoms with Crippen molar-refractivity contribution in [1.82, 2.24) is 15.5 Å². The number of fused-ring (bicyclic) bond motifs is 2. The number of likely N-dealkylation sites (tertiary alicyclic amines) is 1. The first kappa shape index (κ1) is 34.0. The molecular weight excluding hydrogens is 552 g/mol. The van der Waals surface area contributed by atoms with Gasteiger partial charge in [0.2, 0.25) is 11.6 Å². The van der Waals surface area contributed by atoms with Crippen LogP contribution < -0.4 is 16.4 Å². The second kappa shape index (κ2) is 16.3. The van der Waals surface area contributed by atoms with Crippen molar-refractivity contribution in [1.29, 1.82) is 0 Å². The lowest BCUT2D eigenvalue weighted by Gasteiger charge is -2.25. The first-order valence-corrected chi connectivity index (χ1v) is 15.0. The van der Waals surface area contributed by atoms with E-state index in [1.54, 1.807) is 26.0 Å². The molecule has 0 aromatic carbocycles. The molecule has 2 bridgehead atoms. The van der Waals surface area contributed by atoms with Crippen LogP contribution in [0, 0.1) is 5.92 Å². The number of nitrogens with one attached hydrogen (secondary N) is 2. The van der Waals surface area contributed by atoms with Crippen LogP contribution >= 0.6 is 0 Å². The lowest BCUT2D eigenvalue weighted by atomic mass is 9.91.